The molecule has 0 bridgehead atoms. The summed E-state index contributed by atoms with van der Waals surface area (Å²) in [6, 6.07) is 3.78. The molecule has 1 fully saturated rings. The second kappa shape index (κ2) is 4.04. The molecule has 1 aliphatic heterocycles. The molecule has 2 rings (SSSR count). The van der Waals surface area contributed by atoms with E-state index < -0.39 is 11.4 Å². The topological polar surface area (TPSA) is 55.8 Å². The number of rotatable bonds is 3. The number of methoxy groups -OCH3 is 1. The van der Waals surface area contributed by atoms with Crippen LogP contribution >= 0.6 is 0 Å². The molecular weight excluding hydrogens is 220 g/mol. The molecule has 0 atom stereocenters. The van der Waals surface area contributed by atoms with Crippen molar-refractivity contribution < 1.29 is 19.4 Å². The van der Waals surface area contributed by atoms with E-state index >= 15 is 0 Å². The maximum Gasteiger partial charge on any atom is 0.318 e. The first-order valence-corrected chi connectivity index (χ1v) is 5.48. The third-order valence-corrected chi connectivity index (χ3v) is 3.36. The van der Waals surface area contributed by atoms with Crippen LogP contribution in [0, 0.1) is 13.8 Å². The molecule has 1 saturated heterocycles. The second-order valence-corrected chi connectivity index (χ2v) is 4.52. The van der Waals surface area contributed by atoms with E-state index in [9.17, 15) is 9.90 Å². The van der Waals surface area contributed by atoms with Crippen LogP contribution < -0.4 is 4.74 Å². The number of benzene rings is 1. The third-order valence-electron chi connectivity index (χ3n) is 3.36. The summed E-state index contributed by atoms with van der Waals surface area (Å²) in [5.74, 6) is -0.0385. The molecule has 0 saturated carbocycles. The van der Waals surface area contributed by atoms with Gasteiger partial charge < -0.3 is 14.6 Å². The minimum absolute atomic E-state index is 0.245. The Labute approximate surface area is 100 Å². The monoisotopic (exact) mass is 236 g/mol. The summed E-state index contributed by atoms with van der Waals surface area (Å²) >= 11 is 0. The van der Waals surface area contributed by atoms with Gasteiger partial charge in [-0.05, 0) is 36.6 Å². The fourth-order valence-corrected chi connectivity index (χ4v) is 2.23. The minimum Gasteiger partial charge on any atom is -0.496 e. The highest BCUT2D eigenvalue weighted by Gasteiger charge is 2.48. The zero-order valence-electron chi connectivity index (χ0n) is 10.2. The Kier molecular flexibility index (Phi) is 2.83. The highest BCUT2D eigenvalue weighted by Crippen LogP contribution is 2.37. The number of carbonyl (C=O) groups is 1. The van der Waals surface area contributed by atoms with Crippen molar-refractivity contribution in [3.8, 4) is 5.75 Å². The molecule has 0 radical (unpaired) electrons. The van der Waals surface area contributed by atoms with E-state index in [1.165, 1.54) is 0 Å². The first kappa shape index (κ1) is 11.9. The normalized spacial score (nSPS) is 17.4. The standard InChI is InChI=1S/C13H16O4/c1-8-5-11(16-3)9(2)4-10(8)13(12(14)15)6-17-7-13/h4-5H,6-7H2,1-3H3,(H,14,15). The van der Waals surface area contributed by atoms with Crippen LogP contribution in [0.15, 0.2) is 12.1 Å². The van der Waals surface area contributed by atoms with E-state index in [2.05, 4.69) is 0 Å². The molecule has 1 aliphatic rings. The van der Waals surface area contributed by atoms with E-state index in [1.807, 2.05) is 26.0 Å². The Balaban J connectivity index is 2.52. The predicted molar refractivity (Wildman–Crippen MR) is 62.6 cm³/mol. The maximum absolute atomic E-state index is 11.4. The summed E-state index contributed by atoms with van der Waals surface area (Å²) in [5, 5.41) is 9.37. The number of aliphatic carboxylic acids is 1. The van der Waals surface area contributed by atoms with Crippen LogP contribution in [0.2, 0.25) is 0 Å². The summed E-state index contributed by atoms with van der Waals surface area (Å²) in [4.78, 5) is 11.4. The summed E-state index contributed by atoms with van der Waals surface area (Å²) in [6.45, 7) is 4.31. The van der Waals surface area contributed by atoms with Crippen molar-refractivity contribution in [3.05, 3.63) is 28.8 Å². The number of carboxylic acids is 1. The van der Waals surface area contributed by atoms with Crippen LogP contribution in [0.25, 0.3) is 0 Å². The second-order valence-electron chi connectivity index (χ2n) is 4.52. The van der Waals surface area contributed by atoms with Crippen LogP contribution in [-0.2, 0) is 14.9 Å². The number of hydrogen-bond donors (Lipinski definition) is 1. The van der Waals surface area contributed by atoms with Crippen LogP contribution in [0.3, 0.4) is 0 Å². The van der Waals surface area contributed by atoms with Gasteiger partial charge in [0.1, 0.15) is 11.2 Å². The zero-order valence-corrected chi connectivity index (χ0v) is 10.2. The first-order valence-electron chi connectivity index (χ1n) is 5.48. The molecular formula is C13H16O4. The molecule has 0 spiro atoms. The van der Waals surface area contributed by atoms with Crippen molar-refractivity contribution in [2.24, 2.45) is 0 Å². The predicted octanol–water partition coefficient (Wildman–Crippen LogP) is 1.66. The maximum atomic E-state index is 11.4. The van der Waals surface area contributed by atoms with Crippen molar-refractivity contribution in [1.29, 1.82) is 0 Å². The Morgan fingerprint density at radius 2 is 2.00 bits per heavy atom. The number of ether oxygens (including phenoxy) is 2. The van der Waals surface area contributed by atoms with Crippen LogP contribution in [0.1, 0.15) is 16.7 Å². The van der Waals surface area contributed by atoms with Gasteiger partial charge in [0.2, 0.25) is 0 Å². The Hall–Kier alpha value is -1.55. The summed E-state index contributed by atoms with van der Waals surface area (Å²) in [6.07, 6.45) is 0. The van der Waals surface area contributed by atoms with Gasteiger partial charge in [0.25, 0.3) is 0 Å². The average Bonchev–Trinajstić information content (AvgIpc) is 2.20. The van der Waals surface area contributed by atoms with E-state index in [1.54, 1.807) is 7.11 Å². The van der Waals surface area contributed by atoms with Gasteiger partial charge in [0.15, 0.2) is 0 Å². The Morgan fingerprint density at radius 3 is 2.41 bits per heavy atom. The highest BCUT2D eigenvalue weighted by molar-refractivity contribution is 5.83. The van der Waals surface area contributed by atoms with Gasteiger partial charge in [0, 0.05) is 0 Å². The molecule has 0 aromatic heterocycles. The molecule has 0 amide bonds. The highest BCUT2D eigenvalue weighted by atomic mass is 16.5. The lowest BCUT2D eigenvalue weighted by Crippen LogP contribution is -2.53. The molecule has 17 heavy (non-hydrogen) atoms. The van der Waals surface area contributed by atoms with E-state index in [4.69, 9.17) is 9.47 Å². The quantitative estimate of drug-likeness (QED) is 0.867. The van der Waals surface area contributed by atoms with Gasteiger partial charge in [-0.2, -0.15) is 0 Å². The van der Waals surface area contributed by atoms with Gasteiger partial charge in [-0.1, -0.05) is 6.07 Å². The fraction of sp³-hybridized carbons (Fsp3) is 0.462. The van der Waals surface area contributed by atoms with Crippen LogP contribution in [0.5, 0.6) is 5.75 Å². The van der Waals surface area contributed by atoms with Crippen molar-refractivity contribution >= 4 is 5.97 Å². The summed E-state index contributed by atoms with van der Waals surface area (Å²) in [5.41, 5.74) is 1.83. The van der Waals surface area contributed by atoms with E-state index in [0.29, 0.717) is 0 Å². The van der Waals surface area contributed by atoms with Gasteiger partial charge in [-0.25, -0.2) is 0 Å². The minimum atomic E-state index is -0.874. The Bertz CT molecular complexity index is 461. The fourth-order valence-electron chi connectivity index (χ4n) is 2.23. The van der Waals surface area contributed by atoms with Crippen molar-refractivity contribution in [2.75, 3.05) is 20.3 Å². The molecule has 1 aromatic rings. The van der Waals surface area contributed by atoms with Crippen LogP contribution in [-0.4, -0.2) is 31.4 Å². The van der Waals surface area contributed by atoms with Gasteiger partial charge in [0.05, 0.1) is 20.3 Å². The largest absolute Gasteiger partial charge is 0.496 e. The van der Waals surface area contributed by atoms with Crippen molar-refractivity contribution in [3.63, 3.8) is 0 Å². The molecule has 4 nitrogen and oxygen atoms in total. The van der Waals surface area contributed by atoms with E-state index in [0.717, 1.165) is 22.4 Å². The van der Waals surface area contributed by atoms with Crippen molar-refractivity contribution in [1.82, 2.24) is 0 Å². The summed E-state index contributed by atoms with van der Waals surface area (Å²) < 4.78 is 10.3. The number of carboxylic acid groups (broad SMARTS) is 1. The smallest absolute Gasteiger partial charge is 0.318 e. The summed E-state index contributed by atoms with van der Waals surface area (Å²) in [7, 11) is 1.61. The van der Waals surface area contributed by atoms with Gasteiger partial charge in [-0.15, -0.1) is 0 Å². The first-order chi connectivity index (χ1) is 8.01. The third kappa shape index (κ3) is 1.69. The number of aryl methyl sites for hydroxylation is 2. The number of hydrogen-bond acceptors (Lipinski definition) is 3. The van der Waals surface area contributed by atoms with Crippen molar-refractivity contribution in [2.45, 2.75) is 19.3 Å². The van der Waals surface area contributed by atoms with E-state index in [-0.39, 0.29) is 13.2 Å². The molecule has 0 unspecified atom stereocenters. The molecule has 1 aromatic carbocycles. The van der Waals surface area contributed by atoms with Gasteiger partial charge in [-0.3, -0.25) is 4.79 Å². The van der Waals surface area contributed by atoms with Crippen LogP contribution in [0.4, 0.5) is 0 Å². The lowest BCUT2D eigenvalue weighted by molar-refractivity contribution is -0.163. The Morgan fingerprint density at radius 1 is 1.35 bits per heavy atom. The molecule has 92 valence electrons. The molecule has 1 N–H and O–H groups in total. The SMILES string of the molecule is COc1cc(C)c(C2(C(=O)O)COC2)cc1C. The lowest BCUT2D eigenvalue weighted by Gasteiger charge is -2.39. The van der Waals surface area contributed by atoms with Gasteiger partial charge >= 0.3 is 5.97 Å². The zero-order chi connectivity index (χ0) is 12.6. The molecule has 0 aliphatic carbocycles. The molecule has 1 heterocycles. The lowest BCUT2D eigenvalue weighted by atomic mass is 9.76. The average molecular weight is 236 g/mol. The molecule has 4 heteroatoms.